The lowest BCUT2D eigenvalue weighted by Gasteiger charge is -2.22. The molecule has 0 fully saturated rings. The predicted molar refractivity (Wildman–Crippen MR) is 54.4 cm³/mol. The molecule has 0 saturated heterocycles. The first-order valence-corrected chi connectivity index (χ1v) is 4.72. The number of hydrogen-bond donors (Lipinski definition) is 0. The Morgan fingerprint density at radius 1 is 1.64 bits per heavy atom. The molecular formula is C10H16N4. The highest BCUT2D eigenvalue weighted by Gasteiger charge is 2.09. The predicted octanol–water partition coefficient (Wildman–Crippen LogP) is 1.15. The third-order valence-corrected chi connectivity index (χ3v) is 2.15. The van der Waals surface area contributed by atoms with Crippen molar-refractivity contribution in [2.75, 3.05) is 6.54 Å². The molecule has 0 aliphatic rings. The number of nitriles is 1. The van der Waals surface area contributed by atoms with Gasteiger partial charge in [-0.3, -0.25) is 9.58 Å². The van der Waals surface area contributed by atoms with Gasteiger partial charge < -0.3 is 0 Å². The molecule has 0 radical (unpaired) electrons. The van der Waals surface area contributed by atoms with Gasteiger partial charge in [-0.2, -0.15) is 10.4 Å². The Bertz CT molecular complexity index is 321. The van der Waals surface area contributed by atoms with Crippen molar-refractivity contribution in [3.63, 3.8) is 0 Å². The molecule has 4 heteroatoms. The molecule has 1 aromatic heterocycles. The van der Waals surface area contributed by atoms with Gasteiger partial charge in [0, 0.05) is 31.4 Å². The zero-order chi connectivity index (χ0) is 10.6. The highest BCUT2D eigenvalue weighted by molar-refractivity contribution is 5.04. The minimum Gasteiger partial charge on any atom is -0.284 e. The normalized spacial score (nSPS) is 10.9. The second-order valence-corrected chi connectivity index (χ2v) is 3.68. The average Bonchev–Trinajstić information content (AvgIpc) is 2.50. The van der Waals surface area contributed by atoms with Crippen LogP contribution in [0.5, 0.6) is 0 Å². The van der Waals surface area contributed by atoms with Crippen LogP contribution in [0, 0.1) is 11.3 Å². The van der Waals surface area contributed by atoms with Crippen LogP contribution in [0.3, 0.4) is 0 Å². The van der Waals surface area contributed by atoms with Crippen LogP contribution in [-0.4, -0.2) is 27.3 Å². The third kappa shape index (κ3) is 2.86. The van der Waals surface area contributed by atoms with E-state index in [9.17, 15) is 0 Å². The van der Waals surface area contributed by atoms with E-state index in [1.165, 1.54) is 0 Å². The molecule has 0 aliphatic carbocycles. The molecule has 1 aromatic rings. The van der Waals surface area contributed by atoms with Crippen molar-refractivity contribution in [1.29, 1.82) is 5.26 Å². The molecule has 0 amide bonds. The van der Waals surface area contributed by atoms with Gasteiger partial charge >= 0.3 is 0 Å². The van der Waals surface area contributed by atoms with Crippen molar-refractivity contribution < 1.29 is 0 Å². The summed E-state index contributed by atoms with van der Waals surface area (Å²) in [6.45, 7) is 5.44. The first-order valence-electron chi connectivity index (χ1n) is 4.72. The van der Waals surface area contributed by atoms with Gasteiger partial charge in [-0.15, -0.1) is 0 Å². The molecule has 1 rings (SSSR count). The molecule has 0 unspecified atom stereocenters. The van der Waals surface area contributed by atoms with Gasteiger partial charge in [-0.25, -0.2) is 0 Å². The van der Waals surface area contributed by atoms with Crippen molar-refractivity contribution >= 4 is 0 Å². The molecule has 0 N–H and O–H groups in total. The first kappa shape index (κ1) is 10.7. The second-order valence-electron chi connectivity index (χ2n) is 3.68. The summed E-state index contributed by atoms with van der Waals surface area (Å²) in [6, 6.07) is 2.56. The van der Waals surface area contributed by atoms with Gasteiger partial charge in [0.1, 0.15) is 0 Å². The van der Waals surface area contributed by atoms with Gasteiger partial charge in [0.05, 0.1) is 18.8 Å². The molecule has 0 aliphatic heterocycles. The topological polar surface area (TPSA) is 44.9 Å². The number of aromatic nitrogens is 2. The lowest BCUT2D eigenvalue weighted by atomic mass is 10.2. The Morgan fingerprint density at radius 2 is 2.36 bits per heavy atom. The summed E-state index contributed by atoms with van der Waals surface area (Å²) in [5.41, 5.74) is 1.15. The Balaban J connectivity index is 2.60. The van der Waals surface area contributed by atoms with Crippen molar-refractivity contribution in [3.8, 4) is 6.07 Å². The summed E-state index contributed by atoms with van der Waals surface area (Å²) in [4.78, 5) is 2.11. The van der Waals surface area contributed by atoms with E-state index in [2.05, 4.69) is 29.9 Å². The largest absolute Gasteiger partial charge is 0.284 e. The zero-order valence-electron chi connectivity index (χ0n) is 8.94. The van der Waals surface area contributed by atoms with Crippen LogP contribution >= 0.6 is 0 Å². The quantitative estimate of drug-likeness (QED) is 0.672. The van der Waals surface area contributed by atoms with Crippen LogP contribution in [0.2, 0.25) is 0 Å². The fourth-order valence-electron chi connectivity index (χ4n) is 1.30. The summed E-state index contributed by atoms with van der Waals surface area (Å²) in [5, 5.41) is 12.8. The maximum atomic E-state index is 8.66. The Labute approximate surface area is 84.7 Å². The maximum Gasteiger partial charge on any atom is 0.0871 e. The van der Waals surface area contributed by atoms with Crippen molar-refractivity contribution in [2.45, 2.75) is 26.4 Å². The number of rotatable bonds is 4. The lowest BCUT2D eigenvalue weighted by Crippen LogP contribution is -2.30. The van der Waals surface area contributed by atoms with Crippen LogP contribution in [-0.2, 0) is 13.6 Å². The van der Waals surface area contributed by atoms with E-state index in [0.29, 0.717) is 12.6 Å². The van der Waals surface area contributed by atoms with Crippen molar-refractivity contribution in [3.05, 3.63) is 18.0 Å². The van der Waals surface area contributed by atoms with Gasteiger partial charge in [-0.05, 0) is 13.8 Å². The smallest absolute Gasteiger partial charge is 0.0871 e. The molecule has 0 saturated carbocycles. The first-order chi connectivity index (χ1) is 6.63. The van der Waals surface area contributed by atoms with E-state index in [-0.39, 0.29) is 0 Å². The van der Waals surface area contributed by atoms with Gasteiger partial charge in [0.2, 0.25) is 0 Å². The Kier molecular flexibility index (Phi) is 3.66. The number of aryl methyl sites for hydroxylation is 1. The zero-order valence-corrected chi connectivity index (χ0v) is 8.94. The molecule has 14 heavy (non-hydrogen) atoms. The van der Waals surface area contributed by atoms with Gasteiger partial charge in [0.15, 0.2) is 0 Å². The van der Waals surface area contributed by atoms with E-state index in [1.807, 2.05) is 19.4 Å². The molecule has 0 bridgehead atoms. The third-order valence-electron chi connectivity index (χ3n) is 2.15. The van der Waals surface area contributed by atoms with Crippen LogP contribution in [0.1, 0.15) is 19.4 Å². The molecule has 0 atom stereocenters. The van der Waals surface area contributed by atoms with Crippen LogP contribution < -0.4 is 0 Å². The van der Waals surface area contributed by atoms with Crippen LogP contribution in [0.25, 0.3) is 0 Å². The van der Waals surface area contributed by atoms with Gasteiger partial charge in [0.25, 0.3) is 0 Å². The molecule has 4 nitrogen and oxygen atoms in total. The summed E-state index contributed by atoms with van der Waals surface area (Å²) < 4.78 is 1.78. The van der Waals surface area contributed by atoms with Crippen molar-refractivity contribution in [2.24, 2.45) is 7.05 Å². The summed E-state index contributed by atoms with van der Waals surface area (Å²) in [5.74, 6) is 0. The van der Waals surface area contributed by atoms with Crippen molar-refractivity contribution in [1.82, 2.24) is 14.7 Å². The summed E-state index contributed by atoms with van der Waals surface area (Å²) in [6.07, 6.45) is 3.82. The van der Waals surface area contributed by atoms with Crippen LogP contribution in [0.15, 0.2) is 12.4 Å². The lowest BCUT2D eigenvalue weighted by molar-refractivity contribution is 0.240. The minimum atomic E-state index is 0.384. The minimum absolute atomic E-state index is 0.384. The highest BCUT2D eigenvalue weighted by Crippen LogP contribution is 2.06. The van der Waals surface area contributed by atoms with E-state index < -0.39 is 0 Å². The molecule has 0 aromatic carbocycles. The molecule has 0 spiro atoms. The van der Waals surface area contributed by atoms with Gasteiger partial charge in [-0.1, -0.05) is 0 Å². The number of hydrogen-bond acceptors (Lipinski definition) is 3. The SMILES string of the molecule is CC(C)N(CC#N)Cc1cnn(C)c1. The fourth-order valence-corrected chi connectivity index (χ4v) is 1.30. The summed E-state index contributed by atoms with van der Waals surface area (Å²) in [7, 11) is 1.90. The van der Waals surface area contributed by atoms with Crippen LogP contribution in [0.4, 0.5) is 0 Å². The standard InChI is InChI=1S/C10H16N4/c1-9(2)14(5-4-11)8-10-6-12-13(3)7-10/h6-7,9H,5,8H2,1-3H3. The van der Waals surface area contributed by atoms with E-state index in [4.69, 9.17) is 5.26 Å². The molecule has 76 valence electrons. The second kappa shape index (κ2) is 4.77. The monoisotopic (exact) mass is 192 g/mol. The highest BCUT2D eigenvalue weighted by atomic mass is 15.2. The average molecular weight is 192 g/mol. The van der Waals surface area contributed by atoms with E-state index >= 15 is 0 Å². The number of nitrogens with zero attached hydrogens (tertiary/aromatic N) is 4. The fraction of sp³-hybridized carbons (Fsp3) is 0.600. The van der Waals surface area contributed by atoms with E-state index in [1.54, 1.807) is 4.68 Å². The Morgan fingerprint density at radius 3 is 2.79 bits per heavy atom. The summed E-state index contributed by atoms with van der Waals surface area (Å²) >= 11 is 0. The maximum absolute atomic E-state index is 8.66. The Hall–Kier alpha value is -1.34. The molecular weight excluding hydrogens is 176 g/mol. The molecule has 1 heterocycles. The van der Waals surface area contributed by atoms with E-state index in [0.717, 1.165) is 12.1 Å².